The van der Waals surface area contributed by atoms with Gasteiger partial charge in [-0.3, -0.25) is 0 Å². The molecule has 2 aromatic rings. The lowest BCUT2D eigenvalue weighted by Gasteiger charge is -1.99. The molecule has 96 valence electrons. The summed E-state index contributed by atoms with van der Waals surface area (Å²) in [6, 6.07) is -0.138. The fraction of sp³-hybridized carbons (Fsp3) is 0.375. The molecule has 10 heteroatoms. The molecular formula is C8H7ClN4O3S2. The van der Waals surface area contributed by atoms with E-state index in [0.29, 0.717) is 5.89 Å². The van der Waals surface area contributed by atoms with Crippen molar-refractivity contribution in [1.82, 2.24) is 15.2 Å². The molecule has 1 N–H and O–H groups in total. The number of hydrogen-bond donors (Lipinski definition) is 1. The zero-order valence-corrected chi connectivity index (χ0v) is 11.2. The number of nitrogens with zero attached hydrogens (tertiary/aromatic N) is 3. The van der Waals surface area contributed by atoms with Crippen molar-refractivity contribution in [3.8, 4) is 0 Å². The van der Waals surface area contributed by atoms with E-state index in [4.69, 9.17) is 16.0 Å². The predicted molar refractivity (Wildman–Crippen MR) is 64.2 cm³/mol. The van der Waals surface area contributed by atoms with E-state index in [1.165, 1.54) is 6.20 Å². The van der Waals surface area contributed by atoms with Crippen molar-refractivity contribution >= 4 is 39.0 Å². The molecule has 0 aromatic carbocycles. The van der Waals surface area contributed by atoms with Gasteiger partial charge in [-0.15, -0.1) is 5.10 Å². The van der Waals surface area contributed by atoms with E-state index in [0.717, 1.165) is 24.2 Å². The summed E-state index contributed by atoms with van der Waals surface area (Å²) in [6.45, 7) is 0. The molecule has 1 aliphatic rings. The Balaban J connectivity index is 1.81. The van der Waals surface area contributed by atoms with Crippen LogP contribution in [0.1, 0.15) is 24.7 Å². The first-order chi connectivity index (χ1) is 8.54. The van der Waals surface area contributed by atoms with Crippen molar-refractivity contribution in [2.45, 2.75) is 23.0 Å². The first-order valence-electron chi connectivity index (χ1n) is 5.02. The van der Waals surface area contributed by atoms with Gasteiger partial charge >= 0.3 is 6.01 Å². The Bertz CT molecular complexity index is 676. The van der Waals surface area contributed by atoms with Gasteiger partial charge in [0.05, 0.1) is 6.20 Å². The number of thiazole rings is 1. The maximum absolute atomic E-state index is 11.9. The number of halogens is 1. The Kier molecular flexibility index (Phi) is 2.76. The van der Waals surface area contributed by atoms with Gasteiger partial charge in [0.15, 0.2) is 8.68 Å². The van der Waals surface area contributed by atoms with Crippen LogP contribution in [-0.2, 0) is 10.0 Å². The van der Waals surface area contributed by atoms with Crippen molar-refractivity contribution < 1.29 is 12.8 Å². The molecule has 1 aliphatic carbocycles. The number of aromatic nitrogens is 3. The number of sulfonamides is 1. The second-order valence-corrected chi connectivity index (χ2v) is 7.28. The van der Waals surface area contributed by atoms with E-state index < -0.39 is 10.0 Å². The molecule has 0 aliphatic heterocycles. The van der Waals surface area contributed by atoms with Crippen LogP contribution in [0.15, 0.2) is 14.8 Å². The summed E-state index contributed by atoms with van der Waals surface area (Å²) in [6.07, 6.45) is 3.17. The van der Waals surface area contributed by atoms with Crippen molar-refractivity contribution in [3.05, 3.63) is 16.6 Å². The van der Waals surface area contributed by atoms with Gasteiger partial charge < -0.3 is 4.42 Å². The first kappa shape index (κ1) is 11.9. The van der Waals surface area contributed by atoms with Crippen molar-refractivity contribution in [1.29, 1.82) is 0 Å². The number of rotatable bonds is 4. The molecule has 0 saturated heterocycles. The van der Waals surface area contributed by atoms with Crippen LogP contribution in [0.4, 0.5) is 6.01 Å². The SMILES string of the molecule is O=S(=O)(Nc1nnc(C2CC2)o1)c1cnc(Cl)s1. The monoisotopic (exact) mass is 306 g/mol. The highest BCUT2D eigenvalue weighted by Gasteiger charge is 2.30. The molecule has 0 amide bonds. The lowest BCUT2D eigenvalue weighted by Crippen LogP contribution is -2.11. The normalized spacial score (nSPS) is 15.8. The third kappa shape index (κ3) is 2.33. The second kappa shape index (κ2) is 4.18. The summed E-state index contributed by atoms with van der Waals surface area (Å²) >= 11 is 6.44. The van der Waals surface area contributed by atoms with Gasteiger partial charge in [0.2, 0.25) is 5.89 Å². The maximum Gasteiger partial charge on any atom is 0.329 e. The molecule has 1 saturated carbocycles. The summed E-state index contributed by atoms with van der Waals surface area (Å²) < 4.78 is 31.3. The molecule has 2 heterocycles. The number of hydrogen-bond acceptors (Lipinski definition) is 7. The van der Waals surface area contributed by atoms with Crippen LogP contribution in [0.25, 0.3) is 0 Å². The minimum absolute atomic E-state index is 0.00123. The summed E-state index contributed by atoms with van der Waals surface area (Å²) in [5.41, 5.74) is 0. The zero-order chi connectivity index (χ0) is 12.8. The quantitative estimate of drug-likeness (QED) is 0.925. The van der Waals surface area contributed by atoms with Gasteiger partial charge in [0, 0.05) is 5.92 Å². The zero-order valence-electron chi connectivity index (χ0n) is 8.83. The Labute approximate surface area is 111 Å². The maximum atomic E-state index is 11.9. The molecule has 0 bridgehead atoms. The van der Waals surface area contributed by atoms with E-state index in [1.54, 1.807) is 0 Å². The van der Waals surface area contributed by atoms with Gasteiger partial charge in [0.25, 0.3) is 10.0 Å². The average Bonchev–Trinajstić information content (AvgIpc) is 2.89. The highest BCUT2D eigenvalue weighted by molar-refractivity contribution is 7.94. The summed E-state index contributed by atoms with van der Waals surface area (Å²) in [4.78, 5) is 3.67. The van der Waals surface area contributed by atoms with E-state index in [9.17, 15) is 8.42 Å². The molecule has 0 unspecified atom stereocenters. The van der Waals surface area contributed by atoms with Gasteiger partial charge in [-0.05, 0) is 12.8 Å². The van der Waals surface area contributed by atoms with Crippen LogP contribution < -0.4 is 4.72 Å². The third-order valence-electron chi connectivity index (χ3n) is 2.31. The Morgan fingerprint density at radius 1 is 1.44 bits per heavy atom. The average molecular weight is 307 g/mol. The van der Waals surface area contributed by atoms with Crippen molar-refractivity contribution in [2.24, 2.45) is 0 Å². The third-order valence-corrected chi connectivity index (χ3v) is 5.21. The summed E-state index contributed by atoms with van der Waals surface area (Å²) in [5.74, 6) is 0.739. The summed E-state index contributed by atoms with van der Waals surface area (Å²) in [5, 5.41) is 7.42. The molecule has 0 spiro atoms. The van der Waals surface area contributed by atoms with Crippen LogP contribution in [0.2, 0.25) is 4.47 Å². The molecule has 7 nitrogen and oxygen atoms in total. The largest absolute Gasteiger partial charge is 0.407 e. The molecule has 2 aromatic heterocycles. The van der Waals surface area contributed by atoms with Gasteiger partial charge in [-0.25, -0.2) is 18.1 Å². The standard InChI is InChI=1S/C8H7ClN4O3S2/c9-7-10-3-5(17-7)18(14,15)13-8-12-11-6(16-8)4-1-2-4/h3-4H,1-2H2,(H,12,13). The van der Waals surface area contributed by atoms with Crippen LogP contribution in [0, 0.1) is 0 Å². The Morgan fingerprint density at radius 3 is 2.83 bits per heavy atom. The second-order valence-electron chi connectivity index (χ2n) is 3.76. The van der Waals surface area contributed by atoms with Crippen LogP contribution in [-0.4, -0.2) is 23.6 Å². The van der Waals surface area contributed by atoms with Crippen LogP contribution >= 0.6 is 22.9 Å². The van der Waals surface area contributed by atoms with Gasteiger partial charge in [-0.1, -0.05) is 28.0 Å². The van der Waals surface area contributed by atoms with E-state index in [-0.39, 0.29) is 20.6 Å². The molecule has 0 radical (unpaired) electrons. The highest BCUT2D eigenvalue weighted by atomic mass is 35.5. The van der Waals surface area contributed by atoms with E-state index >= 15 is 0 Å². The van der Waals surface area contributed by atoms with Gasteiger partial charge in [0.1, 0.15) is 0 Å². The fourth-order valence-electron chi connectivity index (χ4n) is 1.30. The lowest BCUT2D eigenvalue weighted by atomic mass is 10.4. The smallest absolute Gasteiger partial charge is 0.329 e. The molecular weight excluding hydrogens is 300 g/mol. The molecule has 3 rings (SSSR count). The Morgan fingerprint density at radius 2 is 2.22 bits per heavy atom. The lowest BCUT2D eigenvalue weighted by molar-refractivity contribution is 0.511. The molecule has 0 atom stereocenters. The summed E-state index contributed by atoms with van der Waals surface area (Å²) in [7, 11) is -3.76. The van der Waals surface area contributed by atoms with Crippen molar-refractivity contribution in [3.63, 3.8) is 0 Å². The molecule has 18 heavy (non-hydrogen) atoms. The van der Waals surface area contributed by atoms with E-state index in [2.05, 4.69) is 19.9 Å². The van der Waals surface area contributed by atoms with Crippen LogP contribution in [0.3, 0.4) is 0 Å². The first-order valence-corrected chi connectivity index (χ1v) is 7.70. The Hall–Kier alpha value is -1.19. The highest BCUT2D eigenvalue weighted by Crippen LogP contribution is 2.39. The predicted octanol–water partition coefficient (Wildman–Crippen LogP) is 1.86. The van der Waals surface area contributed by atoms with Crippen molar-refractivity contribution in [2.75, 3.05) is 4.72 Å². The minimum Gasteiger partial charge on any atom is -0.407 e. The van der Waals surface area contributed by atoms with Crippen LogP contribution in [0.5, 0.6) is 0 Å². The minimum atomic E-state index is -3.76. The number of nitrogens with one attached hydrogen (secondary N) is 1. The number of anilines is 1. The van der Waals surface area contributed by atoms with Gasteiger partial charge in [-0.2, -0.15) is 0 Å². The topological polar surface area (TPSA) is 98.0 Å². The molecule has 1 fully saturated rings. The van der Waals surface area contributed by atoms with E-state index in [1.807, 2.05) is 0 Å². The fourth-order valence-corrected chi connectivity index (χ4v) is 3.52.